The minimum absolute atomic E-state index is 0.764. The molecule has 12 heavy (non-hydrogen) atoms. The van der Waals surface area contributed by atoms with Crippen molar-refractivity contribution in [3.05, 3.63) is 0 Å². The van der Waals surface area contributed by atoms with Crippen molar-refractivity contribution in [3.8, 4) is 0 Å². The lowest BCUT2D eigenvalue weighted by Crippen LogP contribution is -2.13. The molecule has 0 saturated carbocycles. The topological polar surface area (TPSA) is 32.3 Å². The molecular weight excluding hydrogens is 152 g/mol. The van der Waals surface area contributed by atoms with Crippen LogP contribution >= 0.6 is 0 Å². The maximum atomic E-state index is 9.87. The molecule has 0 aromatic rings. The minimum Gasteiger partial charge on any atom is -0.359 e. The van der Waals surface area contributed by atoms with Crippen molar-refractivity contribution >= 4 is 6.41 Å². The Morgan fingerprint density at radius 2 is 1.83 bits per heavy atom. The molecule has 0 rings (SSSR count). The zero-order valence-electron chi connectivity index (χ0n) is 8.18. The highest BCUT2D eigenvalue weighted by Crippen LogP contribution is 1.98. The number of rotatable bonds is 8. The molecule has 0 saturated heterocycles. The molecule has 3 heteroatoms. The number of amides is 1. The van der Waals surface area contributed by atoms with E-state index in [4.69, 9.17) is 0 Å². The van der Waals surface area contributed by atoms with Gasteiger partial charge in [-0.1, -0.05) is 12.8 Å². The zero-order chi connectivity index (χ0) is 9.23. The summed E-state index contributed by atoms with van der Waals surface area (Å²) < 4.78 is 0. The smallest absolute Gasteiger partial charge is 0.207 e. The molecule has 1 amide bonds. The van der Waals surface area contributed by atoms with E-state index in [1.54, 1.807) is 0 Å². The van der Waals surface area contributed by atoms with Crippen molar-refractivity contribution in [1.29, 1.82) is 0 Å². The summed E-state index contributed by atoms with van der Waals surface area (Å²) in [4.78, 5) is 12.1. The van der Waals surface area contributed by atoms with Gasteiger partial charge in [0.15, 0.2) is 0 Å². The predicted octanol–water partition coefficient (Wildman–Crippen LogP) is 0.854. The van der Waals surface area contributed by atoms with Gasteiger partial charge in [0.2, 0.25) is 6.41 Å². The van der Waals surface area contributed by atoms with Crippen molar-refractivity contribution in [2.75, 3.05) is 27.2 Å². The standard InChI is InChI=1S/C9H20N2O/c1-11(2)8-6-4-3-5-7-10-9-12/h9H,3-8H2,1-2H3,(H,10,12). The second kappa shape index (κ2) is 8.53. The van der Waals surface area contributed by atoms with Gasteiger partial charge in [-0.25, -0.2) is 0 Å². The molecule has 3 nitrogen and oxygen atoms in total. The fourth-order valence-corrected chi connectivity index (χ4v) is 1.07. The van der Waals surface area contributed by atoms with Gasteiger partial charge in [-0.3, -0.25) is 4.79 Å². The predicted molar refractivity (Wildman–Crippen MR) is 51.1 cm³/mol. The van der Waals surface area contributed by atoms with Crippen LogP contribution in [0, 0.1) is 0 Å². The molecule has 0 heterocycles. The minimum atomic E-state index is 0.764. The largest absolute Gasteiger partial charge is 0.359 e. The molecule has 0 unspecified atom stereocenters. The van der Waals surface area contributed by atoms with Crippen molar-refractivity contribution in [2.24, 2.45) is 0 Å². The molecule has 0 spiro atoms. The molecule has 0 aliphatic rings. The van der Waals surface area contributed by atoms with Gasteiger partial charge < -0.3 is 10.2 Å². The Morgan fingerprint density at radius 3 is 2.42 bits per heavy atom. The summed E-state index contributed by atoms with van der Waals surface area (Å²) in [7, 11) is 4.18. The highest BCUT2D eigenvalue weighted by atomic mass is 16.1. The Labute approximate surface area is 75.1 Å². The number of nitrogens with zero attached hydrogens (tertiary/aromatic N) is 1. The van der Waals surface area contributed by atoms with Crippen LogP contribution in [0.2, 0.25) is 0 Å². The van der Waals surface area contributed by atoms with Gasteiger partial charge in [-0.2, -0.15) is 0 Å². The Bertz CT molecular complexity index is 105. The summed E-state index contributed by atoms with van der Waals surface area (Å²) in [6.07, 6.45) is 5.60. The summed E-state index contributed by atoms with van der Waals surface area (Å²) in [5.41, 5.74) is 0. The third-order valence-electron chi connectivity index (χ3n) is 1.76. The van der Waals surface area contributed by atoms with Gasteiger partial charge >= 0.3 is 0 Å². The molecule has 0 aliphatic heterocycles. The van der Waals surface area contributed by atoms with Gasteiger partial charge in [0.05, 0.1) is 0 Å². The second-order valence-corrected chi connectivity index (χ2v) is 3.29. The lowest BCUT2D eigenvalue weighted by atomic mass is 10.2. The molecule has 0 atom stereocenters. The Morgan fingerprint density at radius 1 is 1.17 bits per heavy atom. The number of carbonyl (C=O) groups excluding carboxylic acids is 1. The Balaban J connectivity index is 2.86. The Kier molecular flexibility index (Phi) is 8.12. The highest BCUT2D eigenvalue weighted by Gasteiger charge is 1.91. The maximum absolute atomic E-state index is 9.87. The second-order valence-electron chi connectivity index (χ2n) is 3.29. The van der Waals surface area contributed by atoms with Crippen LogP contribution in [0.5, 0.6) is 0 Å². The van der Waals surface area contributed by atoms with E-state index in [-0.39, 0.29) is 0 Å². The molecular formula is C9H20N2O. The van der Waals surface area contributed by atoms with Crippen molar-refractivity contribution in [3.63, 3.8) is 0 Å². The number of nitrogens with one attached hydrogen (secondary N) is 1. The number of unbranched alkanes of at least 4 members (excludes halogenated alkanes) is 3. The molecule has 0 fully saturated rings. The first kappa shape index (κ1) is 11.4. The molecule has 0 radical (unpaired) electrons. The summed E-state index contributed by atoms with van der Waals surface area (Å²) in [6, 6.07) is 0. The summed E-state index contributed by atoms with van der Waals surface area (Å²) in [6.45, 7) is 1.99. The monoisotopic (exact) mass is 172 g/mol. The van der Waals surface area contributed by atoms with Crippen LogP contribution in [-0.4, -0.2) is 38.5 Å². The van der Waals surface area contributed by atoms with Gasteiger partial charge in [0.25, 0.3) is 0 Å². The molecule has 0 aromatic heterocycles. The van der Waals surface area contributed by atoms with E-state index in [1.807, 2.05) is 0 Å². The quantitative estimate of drug-likeness (QED) is 0.435. The van der Waals surface area contributed by atoms with E-state index < -0.39 is 0 Å². The number of hydrogen-bond donors (Lipinski definition) is 1. The van der Waals surface area contributed by atoms with Crippen LogP contribution in [0.25, 0.3) is 0 Å². The Hall–Kier alpha value is -0.570. The summed E-state index contributed by atoms with van der Waals surface area (Å²) in [5.74, 6) is 0. The molecule has 0 bridgehead atoms. The summed E-state index contributed by atoms with van der Waals surface area (Å²) >= 11 is 0. The first-order valence-corrected chi connectivity index (χ1v) is 4.59. The molecule has 0 aromatic carbocycles. The third-order valence-corrected chi connectivity index (χ3v) is 1.76. The van der Waals surface area contributed by atoms with Crippen molar-refractivity contribution < 1.29 is 4.79 Å². The van der Waals surface area contributed by atoms with Crippen molar-refractivity contribution in [2.45, 2.75) is 25.7 Å². The van der Waals surface area contributed by atoms with E-state index in [0.29, 0.717) is 0 Å². The van der Waals surface area contributed by atoms with E-state index >= 15 is 0 Å². The average molecular weight is 172 g/mol. The average Bonchev–Trinajstić information content (AvgIpc) is 2.02. The molecule has 0 aliphatic carbocycles. The fourth-order valence-electron chi connectivity index (χ4n) is 1.07. The van der Waals surface area contributed by atoms with Crippen LogP contribution in [-0.2, 0) is 4.79 Å². The van der Waals surface area contributed by atoms with Crippen LogP contribution in [0.15, 0.2) is 0 Å². The van der Waals surface area contributed by atoms with E-state index in [1.165, 1.54) is 25.8 Å². The van der Waals surface area contributed by atoms with E-state index in [2.05, 4.69) is 24.3 Å². The third kappa shape index (κ3) is 9.43. The van der Waals surface area contributed by atoms with Gasteiger partial charge in [-0.05, 0) is 33.5 Å². The van der Waals surface area contributed by atoms with Crippen LogP contribution in [0.1, 0.15) is 25.7 Å². The molecule has 1 N–H and O–H groups in total. The van der Waals surface area contributed by atoms with Crippen LogP contribution in [0.3, 0.4) is 0 Å². The first-order valence-electron chi connectivity index (χ1n) is 4.59. The van der Waals surface area contributed by atoms with Gasteiger partial charge in [-0.15, -0.1) is 0 Å². The van der Waals surface area contributed by atoms with Crippen LogP contribution < -0.4 is 5.32 Å². The van der Waals surface area contributed by atoms with Crippen molar-refractivity contribution in [1.82, 2.24) is 10.2 Å². The lowest BCUT2D eigenvalue weighted by Gasteiger charge is -2.08. The first-order chi connectivity index (χ1) is 5.77. The number of hydrogen-bond acceptors (Lipinski definition) is 2. The number of carbonyl (C=O) groups is 1. The highest BCUT2D eigenvalue weighted by molar-refractivity contribution is 5.45. The van der Waals surface area contributed by atoms with Gasteiger partial charge in [0, 0.05) is 6.54 Å². The van der Waals surface area contributed by atoms with E-state index in [0.717, 1.165) is 19.4 Å². The van der Waals surface area contributed by atoms with E-state index in [9.17, 15) is 4.79 Å². The van der Waals surface area contributed by atoms with Gasteiger partial charge in [0.1, 0.15) is 0 Å². The maximum Gasteiger partial charge on any atom is 0.207 e. The fraction of sp³-hybridized carbons (Fsp3) is 0.889. The normalized spacial score (nSPS) is 10.2. The van der Waals surface area contributed by atoms with Crippen LogP contribution in [0.4, 0.5) is 0 Å². The zero-order valence-corrected chi connectivity index (χ0v) is 8.18. The summed E-state index contributed by atoms with van der Waals surface area (Å²) in [5, 5.41) is 2.66. The SMILES string of the molecule is CN(C)CCCCCCNC=O. The molecule has 72 valence electrons. The lowest BCUT2D eigenvalue weighted by molar-refractivity contribution is -0.109.